The molecule has 32 heavy (non-hydrogen) atoms. The van der Waals surface area contributed by atoms with Gasteiger partial charge in [0.25, 0.3) is 5.92 Å². The smallest absolute Gasteiger partial charge is 0.277 e. The number of nitrogens with two attached hydrogens (primary N) is 1. The van der Waals surface area contributed by atoms with E-state index in [4.69, 9.17) is 5.73 Å². The van der Waals surface area contributed by atoms with E-state index in [2.05, 4.69) is 15.0 Å². The van der Waals surface area contributed by atoms with Gasteiger partial charge in [-0.15, -0.1) is 0 Å². The maximum Gasteiger partial charge on any atom is 0.277 e. The van der Waals surface area contributed by atoms with Gasteiger partial charge in [-0.3, -0.25) is 4.98 Å². The number of alkyl halides is 2. The summed E-state index contributed by atoms with van der Waals surface area (Å²) in [6, 6.07) is 5.95. The number of benzene rings is 1. The molecule has 2 aromatic rings. The molecule has 1 saturated heterocycles. The van der Waals surface area contributed by atoms with E-state index in [0.29, 0.717) is 17.0 Å². The van der Waals surface area contributed by atoms with Crippen molar-refractivity contribution in [1.82, 2.24) is 15.0 Å². The van der Waals surface area contributed by atoms with Crippen molar-refractivity contribution in [1.29, 1.82) is 0 Å². The zero-order valence-corrected chi connectivity index (χ0v) is 19.1. The molecule has 3 rings (SSSR count). The first-order valence-electron chi connectivity index (χ1n) is 10.5. The van der Waals surface area contributed by atoms with E-state index in [0.717, 1.165) is 5.56 Å². The lowest BCUT2D eigenvalue weighted by Crippen LogP contribution is -2.51. The van der Waals surface area contributed by atoms with Crippen LogP contribution in [0.3, 0.4) is 0 Å². The Morgan fingerprint density at radius 2 is 2.03 bits per heavy atom. The first-order valence-corrected chi connectivity index (χ1v) is 12.2. The van der Waals surface area contributed by atoms with E-state index in [9.17, 15) is 17.2 Å². The van der Waals surface area contributed by atoms with Crippen LogP contribution in [0.1, 0.15) is 47.8 Å². The van der Waals surface area contributed by atoms with Crippen LogP contribution in [0.15, 0.2) is 30.3 Å². The van der Waals surface area contributed by atoms with Crippen LogP contribution in [0.25, 0.3) is 0 Å². The maximum atomic E-state index is 15.5. The highest BCUT2D eigenvalue weighted by Gasteiger charge is 2.51. The fourth-order valence-electron chi connectivity index (χ4n) is 4.04. The second kappa shape index (κ2) is 9.46. The Bertz CT molecular complexity index is 1080. The van der Waals surface area contributed by atoms with Crippen LogP contribution in [-0.2, 0) is 23.0 Å². The van der Waals surface area contributed by atoms with Gasteiger partial charge in [-0.25, -0.2) is 26.3 Å². The summed E-state index contributed by atoms with van der Waals surface area (Å²) < 4.78 is 70.2. The molecule has 6 nitrogen and oxygen atoms in total. The predicted molar refractivity (Wildman–Crippen MR) is 118 cm³/mol. The van der Waals surface area contributed by atoms with Crippen LogP contribution in [0, 0.1) is 12.7 Å². The molecule has 1 unspecified atom stereocenters. The maximum absolute atomic E-state index is 15.5. The normalized spacial score (nSPS) is 21.6. The number of hydrogen-bond acceptors (Lipinski definition) is 5. The molecular formula is C22H29F3N4O2S. The molecule has 0 aliphatic carbocycles. The standard InChI is InChI=1S/C22H29F3N4O2S/c1-4-32(30,31)29-21-18(27-12-22(21,24)25)10-15-6-5-7-17(19(15)23)14(3)20-13(2)8-9-16(11-26)28-20/h5-9,14,18,21,27,29H,4,10-12,26H2,1-3H3/t14?,18-,21+/m0/s1. The van der Waals surface area contributed by atoms with E-state index < -0.39 is 40.4 Å². The number of sulfonamides is 1. The van der Waals surface area contributed by atoms with Crippen molar-refractivity contribution in [3.05, 3.63) is 64.2 Å². The second-order valence-corrected chi connectivity index (χ2v) is 10.2. The van der Waals surface area contributed by atoms with Crippen molar-refractivity contribution in [2.45, 2.75) is 57.7 Å². The quantitative estimate of drug-likeness (QED) is 0.551. The lowest BCUT2D eigenvalue weighted by Gasteiger charge is -2.25. The molecule has 0 bridgehead atoms. The van der Waals surface area contributed by atoms with Crippen LogP contribution in [0.2, 0.25) is 0 Å². The van der Waals surface area contributed by atoms with Crippen molar-refractivity contribution in [3.8, 4) is 0 Å². The third-order valence-corrected chi connectivity index (χ3v) is 7.35. The lowest BCUT2D eigenvalue weighted by molar-refractivity contribution is -0.000882. The minimum absolute atomic E-state index is 0.0892. The first kappa shape index (κ1) is 24.6. The van der Waals surface area contributed by atoms with Crippen molar-refractivity contribution in [2.75, 3.05) is 12.3 Å². The van der Waals surface area contributed by atoms with Crippen LogP contribution < -0.4 is 15.8 Å². The summed E-state index contributed by atoms with van der Waals surface area (Å²) in [5.41, 5.74) is 8.60. The molecule has 2 heterocycles. The molecule has 1 aliphatic heterocycles. The molecule has 4 N–H and O–H groups in total. The average molecular weight is 471 g/mol. The number of rotatable bonds is 8. The molecule has 10 heteroatoms. The van der Waals surface area contributed by atoms with Crippen molar-refractivity contribution < 1.29 is 21.6 Å². The monoisotopic (exact) mass is 470 g/mol. The van der Waals surface area contributed by atoms with Gasteiger partial charge in [-0.1, -0.05) is 31.2 Å². The van der Waals surface area contributed by atoms with Gasteiger partial charge >= 0.3 is 0 Å². The Balaban J connectivity index is 1.90. The number of nitrogens with one attached hydrogen (secondary N) is 2. The highest BCUT2D eigenvalue weighted by atomic mass is 32.2. The highest BCUT2D eigenvalue weighted by Crippen LogP contribution is 2.32. The van der Waals surface area contributed by atoms with Crippen LogP contribution in [-0.4, -0.2) is 43.7 Å². The summed E-state index contributed by atoms with van der Waals surface area (Å²) in [5.74, 6) is -4.48. The second-order valence-electron chi connectivity index (χ2n) is 8.20. The lowest BCUT2D eigenvalue weighted by atomic mass is 9.90. The van der Waals surface area contributed by atoms with E-state index in [1.807, 2.05) is 26.0 Å². The SMILES string of the molecule is CCS(=O)(=O)N[C@@H]1[C@H](Cc2cccc(C(C)c3nc(CN)ccc3C)c2F)NCC1(F)F. The van der Waals surface area contributed by atoms with Gasteiger partial charge in [0.15, 0.2) is 0 Å². The van der Waals surface area contributed by atoms with Gasteiger partial charge in [0, 0.05) is 18.5 Å². The fraction of sp³-hybridized carbons (Fsp3) is 0.500. The number of hydrogen-bond donors (Lipinski definition) is 3. The number of aryl methyl sites for hydroxylation is 1. The predicted octanol–water partition coefficient (Wildman–Crippen LogP) is 2.60. The summed E-state index contributed by atoms with van der Waals surface area (Å²) in [7, 11) is -3.86. The van der Waals surface area contributed by atoms with Gasteiger partial charge in [-0.05, 0) is 43.0 Å². The molecule has 3 atom stereocenters. The van der Waals surface area contributed by atoms with Gasteiger partial charge in [0.05, 0.1) is 23.7 Å². The van der Waals surface area contributed by atoms with Gasteiger partial charge < -0.3 is 11.1 Å². The van der Waals surface area contributed by atoms with Crippen molar-refractivity contribution in [3.63, 3.8) is 0 Å². The van der Waals surface area contributed by atoms with Crippen LogP contribution in [0.5, 0.6) is 0 Å². The van der Waals surface area contributed by atoms with Crippen molar-refractivity contribution in [2.24, 2.45) is 5.73 Å². The summed E-state index contributed by atoms with van der Waals surface area (Å²) >= 11 is 0. The third-order valence-electron chi connectivity index (χ3n) is 5.97. The fourth-order valence-corrected chi connectivity index (χ4v) is 4.93. The van der Waals surface area contributed by atoms with E-state index in [1.165, 1.54) is 13.0 Å². The van der Waals surface area contributed by atoms with E-state index in [-0.39, 0.29) is 30.2 Å². The molecule has 0 radical (unpaired) electrons. The number of halogens is 3. The Morgan fingerprint density at radius 1 is 1.31 bits per heavy atom. The summed E-state index contributed by atoms with van der Waals surface area (Å²) in [4.78, 5) is 4.54. The van der Waals surface area contributed by atoms with Crippen LogP contribution >= 0.6 is 0 Å². The minimum Gasteiger partial charge on any atom is -0.325 e. The topological polar surface area (TPSA) is 97.1 Å². The Morgan fingerprint density at radius 3 is 2.69 bits per heavy atom. The zero-order valence-electron chi connectivity index (χ0n) is 18.3. The molecular weight excluding hydrogens is 441 g/mol. The van der Waals surface area contributed by atoms with E-state index in [1.54, 1.807) is 12.1 Å². The average Bonchev–Trinajstić information content (AvgIpc) is 3.02. The van der Waals surface area contributed by atoms with Crippen molar-refractivity contribution >= 4 is 10.0 Å². The number of nitrogens with zero attached hydrogens (tertiary/aromatic N) is 1. The van der Waals surface area contributed by atoms with E-state index >= 15 is 4.39 Å². The van der Waals surface area contributed by atoms with Gasteiger partial charge in [0.2, 0.25) is 10.0 Å². The largest absolute Gasteiger partial charge is 0.325 e. The van der Waals surface area contributed by atoms with Gasteiger partial charge in [0.1, 0.15) is 11.9 Å². The zero-order chi connectivity index (χ0) is 23.7. The first-order chi connectivity index (χ1) is 15.0. The Labute approximate surface area is 186 Å². The molecule has 1 aromatic heterocycles. The highest BCUT2D eigenvalue weighted by molar-refractivity contribution is 7.89. The molecule has 0 saturated carbocycles. The summed E-state index contributed by atoms with van der Waals surface area (Å²) in [6.45, 7) is 4.67. The molecule has 0 spiro atoms. The molecule has 0 amide bonds. The van der Waals surface area contributed by atoms with Crippen LogP contribution in [0.4, 0.5) is 13.2 Å². The minimum atomic E-state index is -3.86. The molecule has 176 valence electrons. The van der Waals surface area contributed by atoms with Gasteiger partial charge in [-0.2, -0.15) is 0 Å². The number of pyridine rings is 1. The number of aromatic nitrogens is 1. The molecule has 1 aromatic carbocycles. The molecule has 1 fully saturated rings. The summed E-state index contributed by atoms with van der Waals surface area (Å²) in [5, 5.41) is 2.65. The molecule has 1 aliphatic rings. The Hall–Kier alpha value is -2.01. The summed E-state index contributed by atoms with van der Waals surface area (Å²) in [6.07, 6.45) is -0.0892. The Kier molecular flexibility index (Phi) is 7.28. The third kappa shape index (κ3) is 5.14.